The first-order chi connectivity index (χ1) is 12.5. The van der Waals surface area contributed by atoms with Gasteiger partial charge in [0.25, 0.3) is 0 Å². The molecule has 1 heterocycles. The van der Waals surface area contributed by atoms with E-state index in [9.17, 15) is 9.18 Å². The molecule has 0 amide bonds. The van der Waals surface area contributed by atoms with Crippen LogP contribution in [0.4, 0.5) is 4.39 Å². The van der Waals surface area contributed by atoms with Crippen molar-refractivity contribution in [3.8, 4) is 0 Å². The summed E-state index contributed by atoms with van der Waals surface area (Å²) in [5.74, 6) is 1.01. The van der Waals surface area contributed by atoms with Gasteiger partial charge in [-0.3, -0.25) is 0 Å². The van der Waals surface area contributed by atoms with Crippen LogP contribution >= 0.6 is 0 Å². The normalized spacial score (nSPS) is 11.3. The highest BCUT2D eigenvalue weighted by Gasteiger charge is 2.15. The number of rotatable bonds is 7. The van der Waals surface area contributed by atoms with E-state index >= 15 is 0 Å². The zero-order chi connectivity index (χ0) is 18.9. The molecule has 140 valence electrons. The first-order valence-electron chi connectivity index (χ1n) is 8.48. The Balaban J connectivity index is 1.96. The van der Waals surface area contributed by atoms with Crippen LogP contribution in [0.3, 0.4) is 0 Å². The molecule has 26 heavy (non-hydrogen) atoms. The van der Waals surface area contributed by atoms with E-state index < -0.39 is 5.97 Å². The van der Waals surface area contributed by atoms with Gasteiger partial charge in [0.15, 0.2) is 5.96 Å². The minimum atomic E-state index is -0.434. The zero-order valence-corrected chi connectivity index (χ0v) is 15.3. The van der Waals surface area contributed by atoms with Gasteiger partial charge in [0.05, 0.1) is 7.11 Å². The number of hydrogen-bond donors (Lipinski definition) is 2. The number of furan rings is 1. The van der Waals surface area contributed by atoms with E-state index in [1.54, 1.807) is 25.1 Å². The second-order valence-electron chi connectivity index (χ2n) is 5.64. The van der Waals surface area contributed by atoms with Gasteiger partial charge in [-0.2, -0.15) is 0 Å². The first-order valence-corrected chi connectivity index (χ1v) is 8.48. The summed E-state index contributed by atoms with van der Waals surface area (Å²) in [5.41, 5.74) is 1.05. The number of guanidine groups is 1. The third kappa shape index (κ3) is 5.34. The van der Waals surface area contributed by atoms with Crippen molar-refractivity contribution < 1.29 is 18.3 Å². The van der Waals surface area contributed by atoms with Crippen molar-refractivity contribution in [3.05, 3.63) is 58.8 Å². The van der Waals surface area contributed by atoms with Crippen molar-refractivity contribution in [2.45, 2.75) is 26.8 Å². The molecule has 0 atom stereocenters. The van der Waals surface area contributed by atoms with Crippen molar-refractivity contribution in [2.24, 2.45) is 4.99 Å². The lowest BCUT2D eigenvalue weighted by molar-refractivity contribution is 0.0599. The van der Waals surface area contributed by atoms with Gasteiger partial charge in [-0.1, -0.05) is 18.2 Å². The lowest BCUT2D eigenvalue weighted by atomic mass is 10.1. The second-order valence-corrected chi connectivity index (χ2v) is 5.64. The van der Waals surface area contributed by atoms with Gasteiger partial charge < -0.3 is 19.8 Å². The Morgan fingerprint density at radius 3 is 2.77 bits per heavy atom. The van der Waals surface area contributed by atoms with Gasteiger partial charge in [-0.25, -0.2) is 14.2 Å². The number of aryl methyl sites for hydroxylation is 1. The molecule has 0 bridgehead atoms. The number of aliphatic imine (C=N–C) groups is 1. The maximum atomic E-state index is 13.6. The Morgan fingerprint density at radius 2 is 2.08 bits per heavy atom. The molecule has 1 aromatic heterocycles. The fourth-order valence-electron chi connectivity index (χ4n) is 2.45. The predicted molar refractivity (Wildman–Crippen MR) is 97.7 cm³/mol. The molecule has 0 unspecified atom stereocenters. The van der Waals surface area contributed by atoms with E-state index in [-0.39, 0.29) is 12.4 Å². The number of esters is 1. The standard InChI is InChI=1S/C19H24FN3O3/c1-4-21-19(22-10-9-14-7-5-6-8-17(14)20)23-12-15-11-16(13(2)26-15)18(24)25-3/h5-8,11H,4,9-10,12H2,1-3H3,(H2,21,22,23). The molecule has 0 fully saturated rings. The fourth-order valence-corrected chi connectivity index (χ4v) is 2.45. The highest BCUT2D eigenvalue weighted by molar-refractivity contribution is 5.90. The van der Waals surface area contributed by atoms with Crippen molar-refractivity contribution in [1.82, 2.24) is 10.6 Å². The number of halogens is 1. The van der Waals surface area contributed by atoms with Gasteiger partial charge in [-0.15, -0.1) is 0 Å². The summed E-state index contributed by atoms with van der Waals surface area (Å²) in [6, 6.07) is 8.34. The SMILES string of the molecule is CCNC(=NCc1cc(C(=O)OC)c(C)o1)NCCc1ccccc1F. The summed E-state index contributed by atoms with van der Waals surface area (Å²) >= 11 is 0. The average Bonchev–Trinajstić information content (AvgIpc) is 3.01. The van der Waals surface area contributed by atoms with Crippen LogP contribution in [-0.2, 0) is 17.7 Å². The van der Waals surface area contributed by atoms with Crippen LogP contribution in [-0.4, -0.2) is 32.1 Å². The molecule has 0 saturated carbocycles. The maximum absolute atomic E-state index is 13.6. The molecule has 7 heteroatoms. The highest BCUT2D eigenvalue weighted by Crippen LogP contribution is 2.16. The van der Waals surface area contributed by atoms with Gasteiger partial charge >= 0.3 is 5.97 Å². The fraction of sp³-hybridized carbons (Fsp3) is 0.368. The van der Waals surface area contributed by atoms with E-state index in [0.717, 1.165) is 0 Å². The number of methoxy groups -OCH3 is 1. The highest BCUT2D eigenvalue weighted by atomic mass is 19.1. The molecule has 0 radical (unpaired) electrons. The van der Waals surface area contributed by atoms with Crippen LogP contribution in [0.15, 0.2) is 39.7 Å². The number of ether oxygens (including phenoxy) is 1. The Hall–Kier alpha value is -2.83. The van der Waals surface area contributed by atoms with Gasteiger partial charge in [-0.05, 0) is 38.0 Å². The van der Waals surface area contributed by atoms with Crippen molar-refractivity contribution in [3.63, 3.8) is 0 Å². The summed E-state index contributed by atoms with van der Waals surface area (Å²) in [7, 11) is 1.33. The van der Waals surface area contributed by atoms with Crippen molar-refractivity contribution in [2.75, 3.05) is 20.2 Å². The van der Waals surface area contributed by atoms with Crippen molar-refractivity contribution in [1.29, 1.82) is 0 Å². The summed E-state index contributed by atoms with van der Waals surface area (Å²) < 4.78 is 23.9. The van der Waals surface area contributed by atoms with Crippen LogP contribution in [0.25, 0.3) is 0 Å². The van der Waals surface area contributed by atoms with Gasteiger partial charge in [0.1, 0.15) is 29.4 Å². The third-order valence-electron chi connectivity index (χ3n) is 3.76. The number of nitrogens with one attached hydrogen (secondary N) is 2. The second kappa shape index (κ2) is 9.60. The van der Waals surface area contributed by atoms with E-state index in [1.165, 1.54) is 13.2 Å². The number of carbonyl (C=O) groups is 1. The number of hydrogen-bond acceptors (Lipinski definition) is 4. The molecule has 6 nitrogen and oxygen atoms in total. The zero-order valence-electron chi connectivity index (χ0n) is 15.3. The Labute approximate surface area is 152 Å². The van der Waals surface area contributed by atoms with Gasteiger partial charge in [0, 0.05) is 13.1 Å². The molecule has 1 aromatic carbocycles. The molecule has 0 saturated heterocycles. The van der Waals surface area contributed by atoms with E-state index in [0.29, 0.717) is 48.1 Å². The molecule has 2 N–H and O–H groups in total. The molecular weight excluding hydrogens is 337 g/mol. The largest absolute Gasteiger partial charge is 0.465 e. The van der Waals surface area contributed by atoms with Crippen molar-refractivity contribution >= 4 is 11.9 Å². The first kappa shape index (κ1) is 19.5. The molecule has 0 spiro atoms. The quantitative estimate of drug-likeness (QED) is 0.451. The van der Waals surface area contributed by atoms with E-state index in [4.69, 9.17) is 9.15 Å². The van der Waals surface area contributed by atoms with E-state index in [2.05, 4.69) is 15.6 Å². The molecule has 2 aromatic rings. The van der Waals surface area contributed by atoms with E-state index in [1.807, 2.05) is 13.0 Å². The predicted octanol–water partition coefficient (Wildman–Crippen LogP) is 2.81. The minimum absolute atomic E-state index is 0.211. The van der Waals surface area contributed by atoms with Crippen LogP contribution < -0.4 is 10.6 Å². The summed E-state index contributed by atoms with van der Waals surface area (Å²) in [4.78, 5) is 16.1. The molecule has 0 aliphatic carbocycles. The molecule has 0 aliphatic rings. The smallest absolute Gasteiger partial charge is 0.341 e. The van der Waals surface area contributed by atoms with Gasteiger partial charge in [0.2, 0.25) is 0 Å². The molecular formula is C19H24FN3O3. The molecule has 2 rings (SSSR count). The number of nitrogens with zero attached hydrogens (tertiary/aromatic N) is 1. The topological polar surface area (TPSA) is 75.9 Å². The monoisotopic (exact) mass is 361 g/mol. The number of carbonyl (C=O) groups excluding carboxylic acids is 1. The Morgan fingerprint density at radius 1 is 1.31 bits per heavy atom. The molecule has 0 aliphatic heterocycles. The Kier molecular flexibility index (Phi) is 7.20. The summed E-state index contributed by atoms with van der Waals surface area (Å²) in [6.45, 7) is 5.16. The van der Waals surface area contributed by atoms with Crippen LogP contribution in [0.2, 0.25) is 0 Å². The Bertz CT molecular complexity index is 771. The maximum Gasteiger partial charge on any atom is 0.341 e. The number of benzene rings is 1. The lowest BCUT2D eigenvalue weighted by Gasteiger charge is -2.11. The van der Waals surface area contributed by atoms with Crippen LogP contribution in [0.5, 0.6) is 0 Å². The van der Waals surface area contributed by atoms with Crippen LogP contribution in [0.1, 0.15) is 34.4 Å². The summed E-state index contributed by atoms with van der Waals surface area (Å²) in [5, 5.41) is 6.28. The van der Waals surface area contributed by atoms with Crippen LogP contribution in [0, 0.1) is 12.7 Å². The lowest BCUT2D eigenvalue weighted by Crippen LogP contribution is -2.38. The summed E-state index contributed by atoms with van der Waals surface area (Å²) in [6.07, 6.45) is 0.545. The minimum Gasteiger partial charge on any atom is -0.465 e. The third-order valence-corrected chi connectivity index (χ3v) is 3.76. The average molecular weight is 361 g/mol.